The third kappa shape index (κ3) is 2.89. The second-order valence-electron chi connectivity index (χ2n) is 6.76. The number of fused-ring (bicyclic) bond motifs is 2. The van der Waals surface area contributed by atoms with E-state index in [9.17, 15) is 9.18 Å². The zero-order chi connectivity index (χ0) is 17.6. The van der Waals surface area contributed by atoms with Gasteiger partial charge in [0, 0.05) is 29.7 Å². The van der Waals surface area contributed by atoms with E-state index in [4.69, 9.17) is 0 Å². The molecule has 0 bridgehead atoms. The predicted molar refractivity (Wildman–Crippen MR) is 97.5 cm³/mol. The molecule has 2 atom stereocenters. The first kappa shape index (κ1) is 16.4. The summed E-state index contributed by atoms with van der Waals surface area (Å²) in [5.41, 5.74) is 3.42. The summed E-state index contributed by atoms with van der Waals surface area (Å²) < 4.78 is 15.7. The van der Waals surface area contributed by atoms with Crippen molar-refractivity contribution < 1.29 is 4.39 Å². The maximum absolute atomic E-state index is 14.1. The largest absolute Gasteiger partial charge is 0.304 e. The van der Waals surface area contributed by atoms with Gasteiger partial charge in [-0.25, -0.2) is 9.37 Å². The maximum Gasteiger partial charge on any atom is 0.259 e. The Labute approximate surface area is 149 Å². The van der Waals surface area contributed by atoms with E-state index in [1.165, 1.54) is 17.4 Å². The van der Waals surface area contributed by atoms with Crippen LogP contribution in [0, 0.1) is 18.7 Å². The molecule has 0 saturated carbocycles. The van der Waals surface area contributed by atoms with Crippen LogP contribution in [-0.2, 0) is 13.0 Å². The van der Waals surface area contributed by atoms with Gasteiger partial charge in [-0.1, -0.05) is 19.1 Å². The number of nitrogens with zero attached hydrogens (tertiary/aromatic N) is 2. The van der Waals surface area contributed by atoms with Gasteiger partial charge in [-0.05, 0) is 42.9 Å². The molecule has 0 fully saturated rings. The van der Waals surface area contributed by atoms with Crippen molar-refractivity contribution in [2.45, 2.75) is 39.3 Å². The van der Waals surface area contributed by atoms with Gasteiger partial charge in [0.05, 0.1) is 5.69 Å². The molecule has 0 aliphatic heterocycles. The summed E-state index contributed by atoms with van der Waals surface area (Å²) in [6, 6.07) is 6.96. The van der Waals surface area contributed by atoms with Crippen molar-refractivity contribution in [3.05, 3.63) is 68.3 Å². The van der Waals surface area contributed by atoms with Crippen LogP contribution in [0.4, 0.5) is 4.39 Å². The highest BCUT2D eigenvalue weighted by Crippen LogP contribution is 2.35. The molecular formula is C19H20FN3OS. The molecule has 0 unspecified atom stereocenters. The smallest absolute Gasteiger partial charge is 0.259 e. The number of aryl methyl sites for hydroxylation is 1. The van der Waals surface area contributed by atoms with Gasteiger partial charge in [0.1, 0.15) is 5.82 Å². The summed E-state index contributed by atoms with van der Waals surface area (Å²) >= 11 is 1.47. The lowest BCUT2D eigenvalue weighted by Gasteiger charge is -2.32. The summed E-state index contributed by atoms with van der Waals surface area (Å²) in [5.74, 6) is 0.283. The standard InChI is InChI=1S/C19H20FN3OS/c1-11-6-7-14-15(4-3-5-16(14)20)18(11)21-9-13-8-17(24)23-12(2)10-25-19(23)22-13/h3-5,8,10-11,18,21H,6-7,9H2,1-2H3/t11-,18-/m1/s1. The van der Waals surface area contributed by atoms with Gasteiger partial charge in [0.2, 0.25) is 0 Å². The highest BCUT2D eigenvalue weighted by molar-refractivity contribution is 7.15. The Bertz CT molecular complexity index is 994. The summed E-state index contributed by atoms with van der Waals surface area (Å²) in [4.78, 5) is 17.6. The molecule has 4 nitrogen and oxygen atoms in total. The minimum absolute atomic E-state index is 0.0521. The lowest BCUT2D eigenvalue weighted by atomic mass is 9.80. The fourth-order valence-corrected chi connectivity index (χ4v) is 4.58. The van der Waals surface area contributed by atoms with Gasteiger partial charge in [-0.3, -0.25) is 9.20 Å². The first-order valence-corrected chi connectivity index (χ1v) is 9.40. The Hall–Kier alpha value is -2.05. The Morgan fingerprint density at radius 2 is 2.28 bits per heavy atom. The summed E-state index contributed by atoms with van der Waals surface area (Å²) in [7, 11) is 0. The highest BCUT2D eigenvalue weighted by Gasteiger charge is 2.27. The van der Waals surface area contributed by atoms with Crippen LogP contribution in [0.2, 0.25) is 0 Å². The molecule has 4 rings (SSSR count). The van der Waals surface area contributed by atoms with Gasteiger partial charge in [0.15, 0.2) is 4.96 Å². The van der Waals surface area contributed by atoms with E-state index in [0.29, 0.717) is 17.4 Å². The van der Waals surface area contributed by atoms with Crippen molar-refractivity contribution in [3.8, 4) is 0 Å². The number of nitrogens with one attached hydrogen (secondary N) is 1. The van der Waals surface area contributed by atoms with E-state index in [1.807, 2.05) is 18.4 Å². The molecule has 3 aromatic rings. The van der Waals surface area contributed by atoms with E-state index in [0.717, 1.165) is 35.4 Å². The third-order valence-electron chi connectivity index (χ3n) is 5.04. The Kier molecular flexibility index (Phi) is 4.17. The van der Waals surface area contributed by atoms with E-state index in [2.05, 4.69) is 17.2 Å². The van der Waals surface area contributed by atoms with Crippen LogP contribution < -0.4 is 10.9 Å². The van der Waals surface area contributed by atoms with Gasteiger partial charge in [0.25, 0.3) is 5.56 Å². The fourth-order valence-electron chi connectivity index (χ4n) is 3.69. The molecule has 25 heavy (non-hydrogen) atoms. The van der Waals surface area contributed by atoms with Crippen molar-refractivity contribution >= 4 is 16.3 Å². The van der Waals surface area contributed by atoms with Crippen LogP contribution in [-0.4, -0.2) is 9.38 Å². The van der Waals surface area contributed by atoms with Crippen LogP contribution in [0.15, 0.2) is 34.4 Å². The second kappa shape index (κ2) is 6.35. The Morgan fingerprint density at radius 3 is 3.12 bits per heavy atom. The maximum atomic E-state index is 14.1. The molecule has 1 N–H and O–H groups in total. The average molecular weight is 357 g/mol. The summed E-state index contributed by atoms with van der Waals surface area (Å²) in [6.45, 7) is 4.58. The van der Waals surface area contributed by atoms with Crippen LogP contribution in [0.3, 0.4) is 0 Å². The predicted octanol–water partition coefficient (Wildman–Crippen LogP) is 3.62. The normalized spacial score (nSPS) is 20.0. The SMILES string of the molecule is Cc1csc2nc(CN[C@H]3c4cccc(F)c4CC[C@H]3C)cc(=O)n12. The number of thiazole rings is 1. The lowest BCUT2D eigenvalue weighted by Crippen LogP contribution is -2.32. The first-order chi connectivity index (χ1) is 12.0. The molecule has 1 aliphatic carbocycles. The molecule has 130 valence electrons. The molecule has 0 amide bonds. The molecule has 2 heterocycles. The average Bonchev–Trinajstić information content (AvgIpc) is 2.96. The van der Waals surface area contributed by atoms with Crippen molar-refractivity contribution in [2.24, 2.45) is 5.92 Å². The zero-order valence-electron chi connectivity index (χ0n) is 14.3. The van der Waals surface area contributed by atoms with E-state index in [1.54, 1.807) is 16.5 Å². The minimum Gasteiger partial charge on any atom is -0.304 e. The molecule has 0 saturated heterocycles. The molecule has 0 radical (unpaired) electrons. The lowest BCUT2D eigenvalue weighted by molar-refractivity contribution is 0.337. The quantitative estimate of drug-likeness (QED) is 0.779. The number of rotatable bonds is 3. The van der Waals surface area contributed by atoms with Crippen molar-refractivity contribution in [2.75, 3.05) is 0 Å². The third-order valence-corrected chi connectivity index (χ3v) is 5.98. The van der Waals surface area contributed by atoms with E-state index < -0.39 is 0 Å². The van der Waals surface area contributed by atoms with Gasteiger partial charge in [-0.15, -0.1) is 11.3 Å². The van der Waals surface area contributed by atoms with Gasteiger partial charge >= 0.3 is 0 Å². The zero-order valence-corrected chi connectivity index (χ0v) is 15.1. The van der Waals surface area contributed by atoms with E-state index in [-0.39, 0.29) is 17.4 Å². The van der Waals surface area contributed by atoms with Crippen molar-refractivity contribution in [3.63, 3.8) is 0 Å². The van der Waals surface area contributed by atoms with E-state index >= 15 is 0 Å². The molecule has 0 spiro atoms. The molecule has 6 heteroatoms. The molecule has 2 aromatic heterocycles. The molecule has 1 aromatic carbocycles. The first-order valence-electron chi connectivity index (χ1n) is 8.52. The topological polar surface area (TPSA) is 46.4 Å². The monoisotopic (exact) mass is 357 g/mol. The van der Waals surface area contributed by atoms with Crippen LogP contribution >= 0.6 is 11.3 Å². The van der Waals surface area contributed by atoms with Crippen molar-refractivity contribution in [1.29, 1.82) is 0 Å². The van der Waals surface area contributed by atoms with Gasteiger partial charge < -0.3 is 5.32 Å². The van der Waals surface area contributed by atoms with Crippen molar-refractivity contribution in [1.82, 2.24) is 14.7 Å². The Balaban J connectivity index is 1.61. The number of halogens is 1. The van der Waals surface area contributed by atoms with Gasteiger partial charge in [-0.2, -0.15) is 0 Å². The number of aromatic nitrogens is 2. The van der Waals surface area contributed by atoms with Crippen LogP contribution in [0.1, 0.15) is 41.9 Å². The summed E-state index contributed by atoms with van der Waals surface area (Å²) in [5, 5.41) is 5.43. The number of hydrogen-bond acceptors (Lipinski definition) is 4. The molecular weight excluding hydrogens is 337 g/mol. The van der Waals surface area contributed by atoms with Crippen LogP contribution in [0.25, 0.3) is 4.96 Å². The van der Waals surface area contributed by atoms with Crippen LogP contribution in [0.5, 0.6) is 0 Å². The fraction of sp³-hybridized carbons (Fsp3) is 0.368. The highest BCUT2D eigenvalue weighted by atomic mass is 32.1. The molecule has 1 aliphatic rings. The summed E-state index contributed by atoms with van der Waals surface area (Å²) in [6.07, 6.45) is 1.73. The second-order valence-corrected chi connectivity index (χ2v) is 7.60. The number of hydrogen-bond donors (Lipinski definition) is 1. The number of benzene rings is 1. The minimum atomic E-state index is -0.122. The Morgan fingerprint density at radius 1 is 1.44 bits per heavy atom.